The molecule has 2 rings (SSSR count). The van der Waals surface area contributed by atoms with Crippen molar-refractivity contribution >= 4 is 39.8 Å². The quantitative estimate of drug-likeness (QED) is 0.600. The van der Waals surface area contributed by atoms with Gasteiger partial charge in [0.25, 0.3) is 0 Å². The molecule has 0 unspecified atom stereocenters. The van der Waals surface area contributed by atoms with Crippen LogP contribution in [0.1, 0.15) is 37.2 Å². The number of carbonyl (C=O) groups excluding carboxylic acids is 1. The maximum atomic E-state index is 12.5. The highest BCUT2D eigenvalue weighted by molar-refractivity contribution is 14.1. The molecule has 124 valence electrons. The number of methoxy groups -OCH3 is 1. The van der Waals surface area contributed by atoms with E-state index in [1.807, 2.05) is 20.8 Å². The van der Waals surface area contributed by atoms with Crippen molar-refractivity contribution < 1.29 is 14.6 Å². The van der Waals surface area contributed by atoms with Crippen LogP contribution in [0.25, 0.3) is 10.9 Å². The van der Waals surface area contributed by atoms with Gasteiger partial charge in [0.05, 0.1) is 34.4 Å². The van der Waals surface area contributed by atoms with Crippen molar-refractivity contribution in [2.24, 2.45) is 5.41 Å². The Balaban J connectivity index is 2.95. The number of fused-ring (bicyclic) bond motifs is 1. The fourth-order valence-corrected chi connectivity index (χ4v) is 3.34. The first-order valence-electron chi connectivity index (χ1n) is 7.23. The lowest BCUT2D eigenvalue weighted by molar-refractivity contribution is 0.111. The lowest BCUT2D eigenvalue weighted by Crippen LogP contribution is -2.29. The summed E-state index contributed by atoms with van der Waals surface area (Å²) in [6.45, 7) is 5.90. The molecule has 6 heteroatoms. The van der Waals surface area contributed by atoms with Crippen molar-refractivity contribution in [3.8, 4) is 5.75 Å². The Morgan fingerprint density at radius 2 is 2.04 bits per heavy atom. The number of halogens is 1. The van der Waals surface area contributed by atoms with Crippen molar-refractivity contribution in [3.63, 3.8) is 0 Å². The molecule has 0 saturated carbocycles. The largest absolute Gasteiger partial charge is 0.496 e. The van der Waals surface area contributed by atoms with E-state index in [2.05, 4.69) is 22.6 Å². The van der Waals surface area contributed by atoms with E-state index in [-0.39, 0.29) is 29.1 Å². The molecule has 2 aromatic rings. The summed E-state index contributed by atoms with van der Waals surface area (Å²) >= 11 is 2.09. The smallest absolute Gasteiger partial charge is 0.199 e. The van der Waals surface area contributed by atoms with Crippen LogP contribution in [0.2, 0.25) is 0 Å². The molecule has 1 aromatic carbocycles. The van der Waals surface area contributed by atoms with Crippen LogP contribution < -0.4 is 10.2 Å². The predicted octanol–water partition coefficient (Wildman–Crippen LogP) is 3.01. The second kappa shape index (κ2) is 6.60. The molecule has 0 fully saturated rings. The maximum absolute atomic E-state index is 12.5. The fourth-order valence-electron chi connectivity index (χ4n) is 2.65. The summed E-state index contributed by atoms with van der Waals surface area (Å²) in [4.78, 5) is 23.8. The monoisotopic (exact) mass is 429 g/mol. The minimum Gasteiger partial charge on any atom is -0.496 e. The van der Waals surface area contributed by atoms with Crippen molar-refractivity contribution in [2.75, 3.05) is 13.7 Å². The Labute approximate surface area is 148 Å². The summed E-state index contributed by atoms with van der Waals surface area (Å²) in [5.74, 6) is 0.649. The van der Waals surface area contributed by atoms with Crippen molar-refractivity contribution in [2.45, 2.75) is 26.8 Å². The van der Waals surface area contributed by atoms with E-state index in [9.17, 15) is 14.7 Å². The molecule has 1 heterocycles. The summed E-state index contributed by atoms with van der Waals surface area (Å²) in [5, 5.41) is 10.3. The van der Waals surface area contributed by atoms with Crippen LogP contribution in [-0.2, 0) is 0 Å². The van der Waals surface area contributed by atoms with Gasteiger partial charge in [-0.15, -0.1) is 0 Å². The van der Waals surface area contributed by atoms with Gasteiger partial charge in [-0.25, -0.2) is 0 Å². The van der Waals surface area contributed by atoms with Crippen LogP contribution in [0.3, 0.4) is 0 Å². The summed E-state index contributed by atoms with van der Waals surface area (Å²) in [6, 6.07) is 3.22. The van der Waals surface area contributed by atoms with Gasteiger partial charge in [0.1, 0.15) is 5.75 Å². The minimum absolute atomic E-state index is 0.0844. The standard InChI is InChI=1S/C17H20INO4/c1-17(2,3)15(9-21)19-7-10(8-20)16(22)11-5-12(18)14(23-4)6-13(11)19/h5-8,15,21H,9H2,1-4H3/t15-/m1/s1. The molecule has 0 amide bonds. The normalized spacial score (nSPS) is 13.1. The van der Waals surface area contributed by atoms with Crippen molar-refractivity contribution in [1.29, 1.82) is 0 Å². The maximum Gasteiger partial charge on any atom is 0.199 e. The van der Waals surface area contributed by atoms with Crippen molar-refractivity contribution in [3.05, 3.63) is 37.7 Å². The first-order valence-corrected chi connectivity index (χ1v) is 8.31. The zero-order valence-corrected chi connectivity index (χ0v) is 15.7. The number of ether oxygens (including phenoxy) is 1. The van der Waals surface area contributed by atoms with Crippen LogP contribution in [0, 0.1) is 8.99 Å². The molecular formula is C17H20INO4. The third-order valence-electron chi connectivity index (χ3n) is 3.97. The molecule has 1 atom stereocenters. The fraction of sp³-hybridized carbons (Fsp3) is 0.412. The molecule has 0 aliphatic rings. The zero-order valence-electron chi connectivity index (χ0n) is 13.6. The number of pyridine rings is 1. The molecule has 0 bridgehead atoms. The van der Waals surface area contributed by atoms with E-state index in [4.69, 9.17) is 4.74 Å². The number of benzene rings is 1. The molecule has 0 aliphatic heterocycles. The van der Waals surface area contributed by atoms with E-state index in [0.29, 0.717) is 22.9 Å². The first-order chi connectivity index (χ1) is 10.7. The number of aldehydes is 1. The number of hydrogen-bond acceptors (Lipinski definition) is 4. The van der Waals surface area contributed by atoms with Crippen LogP contribution in [-0.4, -0.2) is 29.7 Å². The van der Waals surface area contributed by atoms with Gasteiger partial charge in [-0.2, -0.15) is 0 Å². The summed E-state index contributed by atoms with van der Waals surface area (Å²) in [7, 11) is 1.57. The highest BCUT2D eigenvalue weighted by atomic mass is 127. The third-order valence-corrected chi connectivity index (χ3v) is 4.81. The molecule has 0 aliphatic carbocycles. The zero-order chi connectivity index (χ0) is 17.4. The Morgan fingerprint density at radius 3 is 2.52 bits per heavy atom. The molecule has 1 N–H and O–H groups in total. The first kappa shape index (κ1) is 17.9. The van der Waals surface area contributed by atoms with Gasteiger partial charge in [0, 0.05) is 17.6 Å². The number of rotatable bonds is 4. The van der Waals surface area contributed by atoms with Crippen LogP contribution >= 0.6 is 22.6 Å². The molecule has 5 nitrogen and oxygen atoms in total. The van der Waals surface area contributed by atoms with Crippen LogP contribution in [0.4, 0.5) is 0 Å². The molecule has 0 spiro atoms. The van der Waals surface area contributed by atoms with Gasteiger partial charge >= 0.3 is 0 Å². The van der Waals surface area contributed by atoms with E-state index >= 15 is 0 Å². The number of aromatic nitrogens is 1. The molecular weight excluding hydrogens is 409 g/mol. The van der Waals surface area contributed by atoms with Gasteiger partial charge < -0.3 is 14.4 Å². The van der Waals surface area contributed by atoms with E-state index in [1.54, 1.807) is 23.8 Å². The van der Waals surface area contributed by atoms with Gasteiger partial charge in [-0.05, 0) is 34.1 Å². The van der Waals surface area contributed by atoms with Gasteiger partial charge in [-0.3, -0.25) is 9.59 Å². The van der Waals surface area contributed by atoms with Gasteiger partial charge in [-0.1, -0.05) is 20.8 Å². The Kier molecular flexibility index (Phi) is 5.15. The summed E-state index contributed by atoms with van der Waals surface area (Å²) < 4.78 is 7.95. The number of nitrogens with zero attached hydrogens (tertiary/aromatic N) is 1. The van der Waals surface area contributed by atoms with Crippen LogP contribution in [0.15, 0.2) is 23.1 Å². The molecule has 0 radical (unpaired) electrons. The Morgan fingerprint density at radius 1 is 1.39 bits per heavy atom. The van der Waals surface area contributed by atoms with E-state index < -0.39 is 0 Å². The molecule has 23 heavy (non-hydrogen) atoms. The second-order valence-corrected chi connectivity index (χ2v) is 7.67. The third kappa shape index (κ3) is 3.28. The highest BCUT2D eigenvalue weighted by Crippen LogP contribution is 2.34. The average molecular weight is 429 g/mol. The highest BCUT2D eigenvalue weighted by Gasteiger charge is 2.27. The number of aliphatic hydroxyl groups is 1. The lowest BCUT2D eigenvalue weighted by atomic mass is 9.86. The van der Waals surface area contributed by atoms with E-state index in [0.717, 1.165) is 3.57 Å². The lowest BCUT2D eigenvalue weighted by Gasteiger charge is -2.33. The average Bonchev–Trinajstić information content (AvgIpc) is 2.48. The van der Waals surface area contributed by atoms with E-state index in [1.165, 1.54) is 6.20 Å². The van der Waals surface area contributed by atoms with Crippen LogP contribution in [0.5, 0.6) is 5.75 Å². The molecule has 0 saturated heterocycles. The second-order valence-electron chi connectivity index (χ2n) is 6.51. The number of hydrogen-bond donors (Lipinski definition) is 1. The predicted molar refractivity (Wildman–Crippen MR) is 98.4 cm³/mol. The SMILES string of the molecule is COc1cc2c(cc1I)c(=O)c(C=O)cn2[C@H](CO)C(C)(C)C. The Bertz CT molecular complexity index is 805. The molecule has 1 aromatic heterocycles. The summed E-state index contributed by atoms with van der Waals surface area (Å²) in [6.07, 6.45) is 2.09. The van der Waals surface area contributed by atoms with Gasteiger partial charge in [0.15, 0.2) is 11.7 Å². The van der Waals surface area contributed by atoms with Crippen molar-refractivity contribution in [1.82, 2.24) is 4.57 Å². The summed E-state index contributed by atoms with van der Waals surface area (Å²) in [5.41, 5.74) is 0.165. The minimum atomic E-state index is -0.308. The Hall–Kier alpha value is -1.41. The number of carbonyl (C=O) groups is 1. The van der Waals surface area contributed by atoms with Gasteiger partial charge in [0.2, 0.25) is 0 Å². The number of aliphatic hydroxyl groups excluding tert-OH is 1. The topological polar surface area (TPSA) is 68.5 Å².